The van der Waals surface area contributed by atoms with Crippen molar-refractivity contribution in [1.82, 2.24) is 9.78 Å². The molecule has 5 nitrogen and oxygen atoms in total. The molecule has 0 atom stereocenters. The number of nitrogens with zero attached hydrogens (tertiary/aromatic N) is 3. The van der Waals surface area contributed by atoms with Crippen molar-refractivity contribution in [3.63, 3.8) is 0 Å². The standard InChI is InChI=1S/C8H6IN3O2/c1-11-8(9)6-3-2-5(12(13)14)4-7(6)10-11/h2-4H,1H3. The minimum absolute atomic E-state index is 0.0759. The van der Waals surface area contributed by atoms with Gasteiger partial charge in [0, 0.05) is 24.6 Å². The smallest absolute Gasteiger partial charge is 0.261 e. The highest BCUT2D eigenvalue weighted by molar-refractivity contribution is 14.1. The molecular weight excluding hydrogens is 297 g/mol. The number of hydrogen-bond acceptors (Lipinski definition) is 3. The third kappa shape index (κ3) is 1.35. The van der Waals surface area contributed by atoms with E-state index in [2.05, 4.69) is 27.7 Å². The molecule has 1 heterocycles. The molecule has 0 unspecified atom stereocenters. The predicted octanol–water partition coefficient (Wildman–Crippen LogP) is 2.09. The minimum Gasteiger partial charge on any atom is -0.261 e. The number of nitro benzene ring substituents is 1. The van der Waals surface area contributed by atoms with Crippen LogP contribution in [0.5, 0.6) is 0 Å². The molecule has 0 N–H and O–H groups in total. The molecule has 0 saturated heterocycles. The van der Waals surface area contributed by atoms with Crippen molar-refractivity contribution in [2.45, 2.75) is 0 Å². The van der Waals surface area contributed by atoms with E-state index in [1.165, 1.54) is 12.1 Å². The van der Waals surface area contributed by atoms with Crippen LogP contribution in [0.2, 0.25) is 0 Å². The number of rotatable bonds is 1. The normalized spacial score (nSPS) is 10.7. The third-order valence-electron chi connectivity index (χ3n) is 1.96. The number of hydrogen-bond donors (Lipinski definition) is 0. The summed E-state index contributed by atoms with van der Waals surface area (Å²) in [5, 5.41) is 15.6. The Morgan fingerprint density at radius 1 is 1.57 bits per heavy atom. The first-order valence-electron chi connectivity index (χ1n) is 3.86. The van der Waals surface area contributed by atoms with Gasteiger partial charge in [0.25, 0.3) is 5.69 Å². The first kappa shape index (κ1) is 9.38. The lowest BCUT2D eigenvalue weighted by atomic mass is 10.2. The van der Waals surface area contributed by atoms with E-state index >= 15 is 0 Å². The SMILES string of the molecule is Cn1nc2cc([N+](=O)[O-])ccc2c1I. The van der Waals surface area contributed by atoms with Crippen molar-refractivity contribution in [1.29, 1.82) is 0 Å². The Morgan fingerprint density at radius 2 is 2.29 bits per heavy atom. The van der Waals surface area contributed by atoms with E-state index in [9.17, 15) is 10.1 Å². The molecule has 0 aliphatic carbocycles. The third-order valence-corrected chi connectivity index (χ3v) is 3.24. The van der Waals surface area contributed by atoms with Crippen LogP contribution in [0.25, 0.3) is 10.9 Å². The number of benzene rings is 1. The van der Waals surface area contributed by atoms with Gasteiger partial charge in [-0.25, -0.2) is 0 Å². The lowest BCUT2D eigenvalue weighted by Gasteiger charge is -1.90. The van der Waals surface area contributed by atoms with E-state index in [0.717, 1.165) is 9.09 Å². The van der Waals surface area contributed by atoms with Gasteiger partial charge in [0.1, 0.15) is 9.22 Å². The molecule has 0 aliphatic rings. The number of aryl methyl sites for hydroxylation is 1. The highest BCUT2D eigenvalue weighted by atomic mass is 127. The van der Waals surface area contributed by atoms with Crippen molar-refractivity contribution in [2.75, 3.05) is 0 Å². The monoisotopic (exact) mass is 303 g/mol. The summed E-state index contributed by atoms with van der Waals surface area (Å²) < 4.78 is 2.68. The molecule has 0 radical (unpaired) electrons. The van der Waals surface area contributed by atoms with Crippen molar-refractivity contribution < 1.29 is 4.92 Å². The van der Waals surface area contributed by atoms with Crippen molar-refractivity contribution in [2.24, 2.45) is 7.05 Å². The van der Waals surface area contributed by atoms with E-state index in [1.54, 1.807) is 10.7 Å². The van der Waals surface area contributed by atoms with Gasteiger partial charge in [-0.05, 0) is 28.7 Å². The van der Waals surface area contributed by atoms with Gasteiger partial charge in [0.2, 0.25) is 0 Å². The first-order chi connectivity index (χ1) is 6.59. The van der Waals surface area contributed by atoms with E-state index < -0.39 is 4.92 Å². The first-order valence-corrected chi connectivity index (χ1v) is 4.94. The highest BCUT2D eigenvalue weighted by Crippen LogP contribution is 2.23. The fraction of sp³-hybridized carbons (Fsp3) is 0.125. The topological polar surface area (TPSA) is 61.0 Å². The summed E-state index contributed by atoms with van der Waals surface area (Å²) in [6.45, 7) is 0. The van der Waals surface area contributed by atoms with Gasteiger partial charge in [-0.15, -0.1) is 0 Å². The number of fused-ring (bicyclic) bond motifs is 1. The van der Waals surface area contributed by atoms with Crippen LogP contribution < -0.4 is 0 Å². The van der Waals surface area contributed by atoms with E-state index in [1.807, 2.05) is 7.05 Å². The summed E-state index contributed by atoms with van der Waals surface area (Å²) in [6.07, 6.45) is 0. The largest absolute Gasteiger partial charge is 0.271 e. The Labute approximate surface area is 93.0 Å². The maximum atomic E-state index is 10.5. The Hall–Kier alpha value is -1.18. The maximum Gasteiger partial charge on any atom is 0.271 e. The van der Waals surface area contributed by atoms with Gasteiger partial charge in [-0.3, -0.25) is 14.8 Å². The van der Waals surface area contributed by atoms with E-state index in [4.69, 9.17) is 0 Å². The summed E-state index contributed by atoms with van der Waals surface area (Å²) in [5.41, 5.74) is 0.734. The molecule has 0 saturated carbocycles. The predicted molar refractivity (Wildman–Crippen MR) is 60.1 cm³/mol. The zero-order valence-corrected chi connectivity index (χ0v) is 9.43. The minimum atomic E-state index is -0.416. The summed E-state index contributed by atoms with van der Waals surface area (Å²) in [7, 11) is 1.81. The Morgan fingerprint density at radius 3 is 2.93 bits per heavy atom. The molecule has 6 heteroatoms. The van der Waals surface area contributed by atoms with Crippen molar-refractivity contribution >= 4 is 39.2 Å². The average Bonchev–Trinajstić information content (AvgIpc) is 2.42. The quantitative estimate of drug-likeness (QED) is 0.460. The van der Waals surface area contributed by atoms with Crippen molar-refractivity contribution in [3.05, 3.63) is 32.0 Å². The average molecular weight is 303 g/mol. The number of non-ortho nitro benzene ring substituents is 1. The molecule has 1 aromatic heterocycles. The highest BCUT2D eigenvalue weighted by Gasteiger charge is 2.11. The van der Waals surface area contributed by atoms with Gasteiger partial charge in [-0.2, -0.15) is 5.10 Å². The molecule has 0 fully saturated rings. The van der Waals surface area contributed by atoms with Crippen LogP contribution in [0.3, 0.4) is 0 Å². The van der Waals surface area contributed by atoms with Gasteiger partial charge < -0.3 is 0 Å². The second kappa shape index (κ2) is 3.19. The lowest BCUT2D eigenvalue weighted by Crippen LogP contribution is -1.91. The Bertz CT molecular complexity index is 521. The second-order valence-electron chi connectivity index (χ2n) is 2.87. The van der Waals surface area contributed by atoms with Crippen LogP contribution in [0, 0.1) is 13.8 Å². The van der Waals surface area contributed by atoms with Crippen LogP contribution in [-0.2, 0) is 7.05 Å². The van der Waals surface area contributed by atoms with Gasteiger partial charge in [-0.1, -0.05) is 0 Å². The number of nitro groups is 1. The van der Waals surface area contributed by atoms with Gasteiger partial charge in [0.05, 0.1) is 4.92 Å². The molecule has 0 bridgehead atoms. The van der Waals surface area contributed by atoms with Crippen LogP contribution in [0.1, 0.15) is 0 Å². The fourth-order valence-electron chi connectivity index (χ4n) is 1.27. The Balaban J connectivity index is 2.73. The molecular formula is C8H6IN3O2. The van der Waals surface area contributed by atoms with Gasteiger partial charge >= 0.3 is 0 Å². The Kier molecular flexibility index (Phi) is 2.14. The molecule has 1 aromatic carbocycles. The molecule has 14 heavy (non-hydrogen) atoms. The zero-order chi connectivity index (χ0) is 10.3. The molecule has 72 valence electrons. The molecule has 2 aromatic rings. The molecule has 0 amide bonds. The van der Waals surface area contributed by atoms with Crippen LogP contribution in [-0.4, -0.2) is 14.7 Å². The molecule has 0 aliphatic heterocycles. The summed E-state index contributed by atoms with van der Waals surface area (Å²) in [4.78, 5) is 10.1. The maximum absolute atomic E-state index is 10.5. The van der Waals surface area contributed by atoms with Crippen LogP contribution in [0.15, 0.2) is 18.2 Å². The van der Waals surface area contributed by atoms with Gasteiger partial charge in [0.15, 0.2) is 0 Å². The number of aromatic nitrogens is 2. The summed E-state index contributed by atoms with van der Waals surface area (Å²) >= 11 is 2.16. The van der Waals surface area contributed by atoms with E-state index in [0.29, 0.717) is 5.52 Å². The molecule has 0 spiro atoms. The van der Waals surface area contributed by atoms with Crippen LogP contribution >= 0.6 is 22.6 Å². The second-order valence-corrected chi connectivity index (χ2v) is 3.89. The van der Waals surface area contributed by atoms with Crippen LogP contribution in [0.4, 0.5) is 5.69 Å². The summed E-state index contributed by atoms with van der Waals surface area (Å²) in [6, 6.07) is 4.70. The molecule has 2 rings (SSSR count). The fourth-order valence-corrected chi connectivity index (χ4v) is 1.83. The zero-order valence-electron chi connectivity index (χ0n) is 7.27. The summed E-state index contributed by atoms with van der Waals surface area (Å²) in [5.74, 6) is 0. The number of halogens is 1. The lowest BCUT2D eigenvalue weighted by molar-refractivity contribution is -0.384. The van der Waals surface area contributed by atoms with Crippen molar-refractivity contribution in [3.8, 4) is 0 Å². The van der Waals surface area contributed by atoms with E-state index in [-0.39, 0.29) is 5.69 Å².